The van der Waals surface area contributed by atoms with Gasteiger partial charge in [-0.1, -0.05) is 23.7 Å². The van der Waals surface area contributed by atoms with Crippen molar-refractivity contribution in [2.24, 2.45) is 0 Å². The molecule has 1 aliphatic rings. The Hall–Kier alpha value is -1.89. The first-order valence-electron chi connectivity index (χ1n) is 8.47. The van der Waals surface area contributed by atoms with Crippen LogP contribution in [0.3, 0.4) is 0 Å². The Morgan fingerprint density at radius 2 is 1.81 bits per heavy atom. The molecule has 0 aromatic heterocycles. The van der Waals surface area contributed by atoms with Crippen LogP contribution in [0.1, 0.15) is 34.3 Å². The molecule has 1 aliphatic heterocycles. The third kappa shape index (κ3) is 3.77. The highest BCUT2D eigenvalue weighted by molar-refractivity contribution is 7.89. The topological polar surface area (TPSA) is 66.5 Å². The Kier molecular flexibility index (Phi) is 5.37. The van der Waals surface area contributed by atoms with Crippen LogP contribution < -0.4 is 5.32 Å². The number of carbonyl (C=O) groups excluding carboxylic acids is 1. The molecule has 1 fully saturated rings. The average Bonchev–Trinajstić information content (AvgIpc) is 3.13. The van der Waals surface area contributed by atoms with E-state index in [9.17, 15) is 13.2 Å². The van der Waals surface area contributed by atoms with E-state index in [1.807, 2.05) is 19.9 Å². The molecule has 3 rings (SSSR count). The molecule has 0 unspecified atom stereocenters. The van der Waals surface area contributed by atoms with Crippen LogP contribution in [0.25, 0.3) is 0 Å². The van der Waals surface area contributed by atoms with Gasteiger partial charge in [-0.3, -0.25) is 4.79 Å². The number of nitrogens with one attached hydrogen (secondary N) is 1. The Morgan fingerprint density at radius 1 is 1.12 bits per heavy atom. The van der Waals surface area contributed by atoms with Gasteiger partial charge < -0.3 is 5.32 Å². The maximum Gasteiger partial charge on any atom is 0.255 e. The fraction of sp³-hybridized carbons (Fsp3) is 0.316. The molecule has 0 radical (unpaired) electrons. The molecule has 2 aromatic carbocycles. The van der Waals surface area contributed by atoms with Crippen LogP contribution in [0.2, 0.25) is 5.02 Å². The van der Waals surface area contributed by atoms with E-state index >= 15 is 0 Å². The predicted molar refractivity (Wildman–Crippen MR) is 103 cm³/mol. The lowest BCUT2D eigenvalue weighted by Crippen LogP contribution is -2.28. The number of aryl methyl sites for hydroxylation is 2. The van der Waals surface area contributed by atoms with Crippen LogP contribution >= 0.6 is 11.6 Å². The Morgan fingerprint density at radius 3 is 2.46 bits per heavy atom. The van der Waals surface area contributed by atoms with E-state index in [4.69, 9.17) is 11.6 Å². The van der Waals surface area contributed by atoms with Gasteiger partial charge >= 0.3 is 0 Å². The zero-order valence-corrected chi connectivity index (χ0v) is 16.3. The van der Waals surface area contributed by atoms with Gasteiger partial charge in [0.15, 0.2) is 0 Å². The zero-order chi connectivity index (χ0) is 18.9. The largest absolute Gasteiger partial charge is 0.320 e. The van der Waals surface area contributed by atoms with Crippen molar-refractivity contribution < 1.29 is 13.2 Å². The molecule has 2 aromatic rings. The first kappa shape index (κ1) is 18.9. The maximum absolute atomic E-state index is 12.7. The van der Waals surface area contributed by atoms with Crippen molar-refractivity contribution in [3.63, 3.8) is 0 Å². The molecule has 1 saturated heterocycles. The zero-order valence-electron chi connectivity index (χ0n) is 14.8. The van der Waals surface area contributed by atoms with Crippen LogP contribution in [-0.4, -0.2) is 31.7 Å². The molecule has 1 heterocycles. The van der Waals surface area contributed by atoms with E-state index in [-0.39, 0.29) is 10.5 Å². The second-order valence-corrected chi connectivity index (χ2v) is 8.88. The lowest BCUT2D eigenvalue weighted by Gasteiger charge is -2.16. The highest BCUT2D eigenvalue weighted by atomic mass is 35.5. The van der Waals surface area contributed by atoms with E-state index < -0.39 is 15.9 Å². The maximum atomic E-state index is 12.7. The van der Waals surface area contributed by atoms with Crippen molar-refractivity contribution in [1.82, 2.24) is 4.31 Å². The van der Waals surface area contributed by atoms with Crippen LogP contribution in [0, 0.1) is 13.8 Å². The molecule has 1 N–H and O–H groups in total. The Labute approximate surface area is 159 Å². The number of amides is 1. The molecule has 0 aliphatic carbocycles. The molecule has 0 atom stereocenters. The van der Waals surface area contributed by atoms with Gasteiger partial charge in [-0.2, -0.15) is 4.31 Å². The first-order chi connectivity index (χ1) is 12.3. The second-order valence-electron chi connectivity index (χ2n) is 6.53. The lowest BCUT2D eigenvalue weighted by atomic mass is 10.1. The van der Waals surface area contributed by atoms with Crippen molar-refractivity contribution in [3.05, 3.63) is 58.1 Å². The second kappa shape index (κ2) is 7.39. The predicted octanol–water partition coefficient (Wildman–Crippen LogP) is 3.99. The van der Waals surface area contributed by atoms with Crippen LogP contribution in [0.4, 0.5) is 5.69 Å². The number of hydrogen-bond donors (Lipinski definition) is 1. The van der Waals surface area contributed by atoms with E-state index in [0.717, 1.165) is 24.0 Å². The summed E-state index contributed by atoms with van der Waals surface area (Å²) in [7, 11) is -3.56. The van der Waals surface area contributed by atoms with Crippen LogP contribution in [0.15, 0.2) is 41.3 Å². The number of rotatable bonds is 4. The molecular formula is C19H21ClN2O3S. The number of sulfonamides is 1. The van der Waals surface area contributed by atoms with Crippen molar-refractivity contribution in [2.45, 2.75) is 31.6 Å². The number of halogens is 1. The summed E-state index contributed by atoms with van der Waals surface area (Å²) >= 11 is 6.24. The highest BCUT2D eigenvalue weighted by Gasteiger charge is 2.27. The highest BCUT2D eigenvalue weighted by Crippen LogP contribution is 2.28. The van der Waals surface area contributed by atoms with E-state index in [0.29, 0.717) is 23.8 Å². The quantitative estimate of drug-likeness (QED) is 0.855. The summed E-state index contributed by atoms with van der Waals surface area (Å²) in [6.07, 6.45) is 1.73. The fourth-order valence-electron chi connectivity index (χ4n) is 3.14. The smallest absolute Gasteiger partial charge is 0.255 e. The molecule has 0 bridgehead atoms. The normalized spacial score (nSPS) is 15.2. The van der Waals surface area contributed by atoms with Gasteiger partial charge in [0.2, 0.25) is 10.0 Å². The number of nitrogens with zero attached hydrogens (tertiary/aromatic N) is 1. The van der Waals surface area contributed by atoms with E-state index in [1.165, 1.54) is 16.4 Å². The molecule has 26 heavy (non-hydrogen) atoms. The summed E-state index contributed by atoms with van der Waals surface area (Å²) in [4.78, 5) is 12.8. The van der Waals surface area contributed by atoms with Gasteiger partial charge in [0.25, 0.3) is 5.91 Å². The Bertz CT molecular complexity index is 928. The molecule has 7 heteroatoms. The molecule has 0 saturated carbocycles. The van der Waals surface area contributed by atoms with E-state index in [1.54, 1.807) is 18.2 Å². The summed E-state index contributed by atoms with van der Waals surface area (Å²) in [5, 5.41) is 3.25. The molecule has 138 valence electrons. The summed E-state index contributed by atoms with van der Waals surface area (Å²) in [5.74, 6) is -0.391. The van der Waals surface area contributed by atoms with Gasteiger partial charge in [-0.05, 0) is 62.1 Å². The lowest BCUT2D eigenvalue weighted by molar-refractivity contribution is 0.102. The summed E-state index contributed by atoms with van der Waals surface area (Å²) in [6, 6.07) is 9.82. The monoisotopic (exact) mass is 392 g/mol. The molecular weight excluding hydrogens is 372 g/mol. The summed E-state index contributed by atoms with van der Waals surface area (Å²) in [5.41, 5.74) is 2.67. The minimum atomic E-state index is -3.56. The van der Waals surface area contributed by atoms with Crippen molar-refractivity contribution >= 4 is 33.2 Å². The fourth-order valence-corrected chi connectivity index (χ4v) is 5.07. The summed E-state index contributed by atoms with van der Waals surface area (Å²) < 4.78 is 26.8. The molecule has 5 nitrogen and oxygen atoms in total. The number of anilines is 1. The van der Waals surface area contributed by atoms with Crippen molar-refractivity contribution in [2.75, 3.05) is 18.4 Å². The van der Waals surface area contributed by atoms with Gasteiger partial charge in [-0.25, -0.2) is 8.42 Å². The number of carbonyl (C=O) groups is 1. The number of benzene rings is 2. The minimum Gasteiger partial charge on any atom is -0.320 e. The SMILES string of the molecule is Cc1cc(C)c(NC(=O)c2cccc(S(=O)(=O)N3CCCC3)c2)c(Cl)c1. The average molecular weight is 393 g/mol. The number of hydrogen-bond acceptors (Lipinski definition) is 3. The first-order valence-corrected chi connectivity index (χ1v) is 10.3. The third-order valence-electron chi connectivity index (χ3n) is 4.47. The van der Waals surface area contributed by atoms with Gasteiger partial charge in [0.1, 0.15) is 0 Å². The Balaban J connectivity index is 1.88. The van der Waals surface area contributed by atoms with Gasteiger partial charge in [0.05, 0.1) is 15.6 Å². The van der Waals surface area contributed by atoms with Crippen LogP contribution in [-0.2, 0) is 10.0 Å². The van der Waals surface area contributed by atoms with Crippen molar-refractivity contribution in [1.29, 1.82) is 0 Å². The van der Waals surface area contributed by atoms with E-state index in [2.05, 4.69) is 5.32 Å². The van der Waals surface area contributed by atoms with Gasteiger partial charge in [0, 0.05) is 18.7 Å². The third-order valence-corrected chi connectivity index (χ3v) is 6.66. The minimum absolute atomic E-state index is 0.138. The van der Waals surface area contributed by atoms with Crippen molar-refractivity contribution in [3.8, 4) is 0 Å². The molecule has 1 amide bonds. The molecule has 0 spiro atoms. The summed E-state index contributed by atoms with van der Waals surface area (Å²) in [6.45, 7) is 4.84. The standard InChI is InChI=1S/C19H21ClN2O3S/c1-13-10-14(2)18(17(20)11-13)21-19(23)15-6-5-7-16(12-15)26(24,25)22-8-3-4-9-22/h5-7,10-12H,3-4,8-9H2,1-2H3,(H,21,23). The van der Waals surface area contributed by atoms with Gasteiger partial charge in [-0.15, -0.1) is 0 Å². The van der Waals surface area contributed by atoms with Crippen LogP contribution in [0.5, 0.6) is 0 Å².